The summed E-state index contributed by atoms with van der Waals surface area (Å²) in [6, 6.07) is 3.55. The van der Waals surface area contributed by atoms with Crippen molar-refractivity contribution in [2.75, 3.05) is 7.05 Å². The average Bonchev–Trinajstić information content (AvgIpc) is 3.20. The molecule has 0 bridgehead atoms. The Labute approximate surface area is 134 Å². The van der Waals surface area contributed by atoms with Gasteiger partial charge in [-0.25, -0.2) is 0 Å². The quantitative estimate of drug-likeness (QED) is 0.855. The molecule has 1 aliphatic rings. The Bertz CT molecular complexity index is 706. The number of nitrogens with zero attached hydrogens (tertiary/aromatic N) is 3. The van der Waals surface area contributed by atoms with E-state index in [1.165, 1.54) is 0 Å². The molecule has 2 aromatic rings. The molecule has 0 aromatic carbocycles. The number of aliphatic hydroxyl groups is 1. The Morgan fingerprint density at radius 1 is 1.39 bits per heavy atom. The minimum Gasteiger partial charge on any atom is -0.462 e. The van der Waals surface area contributed by atoms with Gasteiger partial charge in [-0.2, -0.15) is 5.10 Å². The Balaban J connectivity index is 1.76. The molecular weight excluding hydrogens is 296 g/mol. The second-order valence-corrected chi connectivity index (χ2v) is 5.98. The van der Waals surface area contributed by atoms with Gasteiger partial charge in [-0.15, -0.1) is 0 Å². The maximum absolute atomic E-state index is 12.2. The maximum Gasteiger partial charge on any atom is 0.224 e. The second-order valence-electron chi connectivity index (χ2n) is 5.98. The first-order valence-electron chi connectivity index (χ1n) is 7.67. The van der Waals surface area contributed by atoms with Crippen LogP contribution in [0.15, 0.2) is 22.7 Å². The van der Waals surface area contributed by atoms with Crippen molar-refractivity contribution in [3.05, 3.63) is 41.1 Å². The van der Waals surface area contributed by atoms with Gasteiger partial charge < -0.3 is 19.7 Å². The highest BCUT2D eigenvalue weighted by Crippen LogP contribution is 2.33. The lowest BCUT2D eigenvalue weighted by Gasteiger charge is -2.25. The van der Waals surface area contributed by atoms with Crippen molar-refractivity contribution in [2.24, 2.45) is 7.05 Å². The number of carbonyl (C=O) groups is 1. The fourth-order valence-corrected chi connectivity index (χ4v) is 3.12. The molecular formula is C16H22N4O3. The van der Waals surface area contributed by atoms with Crippen LogP contribution in [-0.4, -0.2) is 38.8 Å². The third-order valence-corrected chi connectivity index (χ3v) is 4.59. The summed E-state index contributed by atoms with van der Waals surface area (Å²) in [6.07, 6.45) is 2.28. The zero-order valence-electron chi connectivity index (χ0n) is 13.6. The monoisotopic (exact) mass is 318 g/mol. The predicted octanol–water partition coefficient (Wildman–Crippen LogP) is 0.875. The summed E-state index contributed by atoms with van der Waals surface area (Å²) in [5.41, 5.74) is 2.12. The lowest BCUT2D eigenvalue weighted by atomic mass is 10.0. The third-order valence-electron chi connectivity index (χ3n) is 4.59. The van der Waals surface area contributed by atoms with Crippen LogP contribution in [0.1, 0.15) is 35.2 Å². The van der Waals surface area contributed by atoms with Crippen molar-refractivity contribution in [1.82, 2.24) is 20.0 Å². The fraction of sp³-hybridized carbons (Fsp3) is 0.500. The number of rotatable bonds is 5. The van der Waals surface area contributed by atoms with Crippen LogP contribution in [0.4, 0.5) is 0 Å². The Morgan fingerprint density at radius 2 is 2.13 bits per heavy atom. The first-order valence-corrected chi connectivity index (χ1v) is 7.67. The molecule has 1 saturated heterocycles. The van der Waals surface area contributed by atoms with Crippen LogP contribution in [0.3, 0.4) is 0 Å². The van der Waals surface area contributed by atoms with Crippen molar-refractivity contribution in [2.45, 2.75) is 38.6 Å². The maximum atomic E-state index is 12.2. The van der Waals surface area contributed by atoms with Crippen molar-refractivity contribution in [1.29, 1.82) is 0 Å². The SMILES string of the molecule is Cc1c([C@H]2[C@H](NCc3ccc(CO)o3)CC(=O)N2C)cnn1C. The molecule has 2 atom stereocenters. The van der Waals surface area contributed by atoms with E-state index >= 15 is 0 Å². The molecule has 0 radical (unpaired) electrons. The highest BCUT2D eigenvalue weighted by atomic mass is 16.4. The molecule has 2 aromatic heterocycles. The minimum absolute atomic E-state index is 0.00178. The summed E-state index contributed by atoms with van der Waals surface area (Å²) in [5.74, 6) is 1.41. The Hall–Kier alpha value is -2.12. The highest BCUT2D eigenvalue weighted by Gasteiger charge is 2.39. The second kappa shape index (κ2) is 6.17. The molecule has 3 heterocycles. The lowest BCUT2D eigenvalue weighted by Crippen LogP contribution is -2.35. The van der Waals surface area contributed by atoms with E-state index in [0.717, 1.165) is 17.0 Å². The van der Waals surface area contributed by atoms with Crippen LogP contribution >= 0.6 is 0 Å². The van der Waals surface area contributed by atoms with Crippen molar-refractivity contribution < 1.29 is 14.3 Å². The van der Waals surface area contributed by atoms with Gasteiger partial charge >= 0.3 is 0 Å². The van der Waals surface area contributed by atoms with Gasteiger partial charge in [0.1, 0.15) is 18.1 Å². The van der Waals surface area contributed by atoms with Gasteiger partial charge in [-0.05, 0) is 19.1 Å². The molecule has 1 amide bonds. The van der Waals surface area contributed by atoms with Crippen LogP contribution in [0.25, 0.3) is 0 Å². The zero-order chi connectivity index (χ0) is 16.6. The number of aryl methyl sites for hydroxylation is 1. The molecule has 0 unspecified atom stereocenters. The largest absolute Gasteiger partial charge is 0.462 e. The lowest BCUT2D eigenvalue weighted by molar-refractivity contribution is -0.127. The summed E-state index contributed by atoms with van der Waals surface area (Å²) in [4.78, 5) is 13.9. The molecule has 7 nitrogen and oxygen atoms in total. The van der Waals surface area contributed by atoms with E-state index in [1.54, 1.807) is 11.0 Å². The number of hydrogen-bond acceptors (Lipinski definition) is 5. The topological polar surface area (TPSA) is 83.5 Å². The zero-order valence-corrected chi connectivity index (χ0v) is 13.6. The van der Waals surface area contributed by atoms with Gasteiger partial charge in [-0.1, -0.05) is 0 Å². The molecule has 124 valence electrons. The highest BCUT2D eigenvalue weighted by molar-refractivity contribution is 5.80. The molecule has 23 heavy (non-hydrogen) atoms. The van der Waals surface area contributed by atoms with Crippen molar-refractivity contribution >= 4 is 5.91 Å². The molecule has 3 rings (SSSR count). The van der Waals surface area contributed by atoms with Gasteiger partial charge in [-0.3, -0.25) is 9.48 Å². The summed E-state index contributed by atoms with van der Waals surface area (Å²) in [6.45, 7) is 2.42. The number of likely N-dealkylation sites (N-methyl/N-ethyl adjacent to an activating group) is 1. The van der Waals surface area contributed by atoms with E-state index in [0.29, 0.717) is 18.7 Å². The smallest absolute Gasteiger partial charge is 0.224 e. The first-order chi connectivity index (χ1) is 11.0. The van der Waals surface area contributed by atoms with Gasteiger partial charge in [0, 0.05) is 37.8 Å². The number of aromatic nitrogens is 2. The molecule has 1 aliphatic heterocycles. The van der Waals surface area contributed by atoms with Crippen molar-refractivity contribution in [3.63, 3.8) is 0 Å². The standard InChI is InChI=1S/C16H22N4O3/c1-10-13(8-18-20(10)3)16-14(6-15(22)19(16)2)17-7-11-4-5-12(9-21)23-11/h4-5,8,14,16-17,21H,6-7,9H2,1-3H3/t14-,16+/m1/s1. The van der Waals surface area contributed by atoms with Gasteiger partial charge in [0.25, 0.3) is 0 Å². The van der Waals surface area contributed by atoms with Gasteiger partial charge in [0.15, 0.2) is 0 Å². The number of nitrogens with one attached hydrogen (secondary N) is 1. The Kier molecular flexibility index (Phi) is 4.23. The molecule has 2 N–H and O–H groups in total. The van der Waals surface area contributed by atoms with Crippen LogP contribution in [0, 0.1) is 6.92 Å². The van der Waals surface area contributed by atoms with Crippen LogP contribution in [0.5, 0.6) is 0 Å². The number of likely N-dealkylation sites (tertiary alicyclic amines) is 1. The average molecular weight is 318 g/mol. The predicted molar refractivity (Wildman–Crippen MR) is 83.3 cm³/mol. The van der Waals surface area contributed by atoms with E-state index in [1.807, 2.05) is 38.0 Å². The van der Waals surface area contributed by atoms with Gasteiger partial charge in [0.05, 0.1) is 18.8 Å². The molecule has 0 saturated carbocycles. The molecule has 7 heteroatoms. The Morgan fingerprint density at radius 3 is 2.74 bits per heavy atom. The van der Waals surface area contributed by atoms with Crippen molar-refractivity contribution in [3.8, 4) is 0 Å². The van der Waals surface area contributed by atoms with Gasteiger partial charge in [0.2, 0.25) is 5.91 Å². The molecule has 1 fully saturated rings. The minimum atomic E-state index is -0.109. The molecule has 0 spiro atoms. The van der Waals surface area contributed by atoms with E-state index in [2.05, 4.69) is 10.4 Å². The number of hydrogen-bond donors (Lipinski definition) is 2. The summed E-state index contributed by atoms with van der Waals surface area (Å²) >= 11 is 0. The summed E-state index contributed by atoms with van der Waals surface area (Å²) < 4.78 is 7.31. The fourth-order valence-electron chi connectivity index (χ4n) is 3.12. The number of carbonyl (C=O) groups excluding carboxylic acids is 1. The number of amides is 1. The van der Waals surface area contributed by atoms with E-state index < -0.39 is 0 Å². The van der Waals surface area contributed by atoms with Crippen LogP contribution in [0.2, 0.25) is 0 Å². The number of furan rings is 1. The normalized spacial score (nSPS) is 21.4. The third kappa shape index (κ3) is 2.89. The van der Waals surface area contributed by atoms with Crippen LogP contribution in [-0.2, 0) is 25.0 Å². The van der Waals surface area contributed by atoms with E-state index in [4.69, 9.17) is 9.52 Å². The van der Waals surface area contributed by atoms with E-state index in [9.17, 15) is 4.79 Å². The number of aliphatic hydroxyl groups excluding tert-OH is 1. The summed E-state index contributed by atoms with van der Waals surface area (Å²) in [7, 11) is 3.73. The first kappa shape index (κ1) is 15.8. The molecule has 0 aliphatic carbocycles. The van der Waals surface area contributed by atoms with E-state index in [-0.39, 0.29) is 24.6 Å². The summed E-state index contributed by atoms with van der Waals surface area (Å²) in [5, 5.41) is 16.7. The van der Waals surface area contributed by atoms with Crippen LogP contribution < -0.4 is 5.32 Å².